The molecule has 0 radical (unpaired) electrons. The third-order valence-corrected chi connectivity index (χ3v) is 5.05. The van der Waals surface area contributed by atoms with Crippen LogP contribution in [-0.4, -0.2) is 28.1 Å². The molecule has 2 aromatic carbocycles. The van der Waals surface area contributed by atoms with Gasteiger partial charge in [-0.15, -0.1) is 0 Å². The van der Waals surface area contributed by atoms with Crippen LogP contribution in [-0.2, 0) is 11.2 Å². The lowest BCUT2D eigenvalue weighted by atomic mass is 10.1. The predicted octanol–water partition coefficient (Wildman–Crippen LogP) is 4.43. The smallest absolute Gasteiger partial charge is 0.226 e. The lowest BCUT2D eigenvalue weighted by molar-refractivity contribution is -0.121. The molecule has 0 aliphatic carbocycles. The minimum absolute atomic E-state index is 0.00389. The quantitative estimate of drug-likeness (QED) is 0.453. The average Bonchev–Trinajstić information content (AvgIpc) is 3.42. The van der Waals surface area contributed by atoms with Crippen LogP contribution in [0.15, 0.2) is 59.3 Å². The highest BCUT2D eigenvalue weighted by Gasteiger charge is 2.13. The normalized spacial score (nSPS) is 12.1. The summed E-state index contributed by atoms with van der Waals surface area (Å²) in [6.45, 7) is 1.99. The Kier molecular flexibility index (Phi) is 5.79. The second kappa shape index (κ2) is 8.82. The van der Waals surface area contributed by atoms with Gasteiger partial charge in [0.1, 0.15) is 5.75 Å². The van der Waals surface area contributed by atoms with Crippen LogP contribution >= 0.6 is 0 Å². The molecule has 0 saturated heterocycles. The van der Waals surface area contributed by atoms with Crippen molar-refractivity contribution in [2.75, 3.05) is 7.11 Å². The van der Waals surface area contributed by atoms with E-state index in [0.29, 0.717) is 31.0 Å². The highest BCUT2D eigenvalue weighted by Crippen LogP contribution is 2.22. The number of aromatic amines is 1. The fourth-order valence-electron chi connectivity index (χ4n) is 3.37. The molecule has 0 saturated carbocycles. The number of carbonyl (C=O) groups is 1. The number of aromatic nitrogens is 3. The molecule has 0 unspecified atom stereocenters. The number of benzene rings is 2. The van der Waals surface area contributed by atoms with Crippen molar-refractivity contribution in [2.24, 2.45) is 0 Å². The van der Waals surface area contributed by atoms with Gasteiger partial charge in [0.2, 0.25) is 17.6 Å². The molecule has 0 bridgehead atoms. The number of fused-ring (bicyclic) bond motifs is 1. The van der Waals surface area contributed by atoms with E-state index in [1.165, 1.54) is 0 Å². The fraction of sp³-hybridized carbons (Fsp3) is 0.261. The maximum atomic E-state index is 12.3. The van der Waals surface area contributed by atoms with E-state index in [2.05, 4.69) is 26.5 Å². The van der Waals surface area contributed by atoms with E-state index in [-0.39, 0.29) is 11.9 Å². The number of H-pyrrole nitrogens is 1. The van der Waals surface area contributed by atoms with E-state index in [0.717, 1.165) is 27.8 Å². The van der Waals surface area contributed by atoms with Crippen molar-refractivity contribution in [2.45, 2.75) is 32.2 Å². The van der Waals surface area contributed by atoms with Crippen LogP contribution in [0.4, 0.5) is 0 Å². The van der Waals surface area contributed by atoms with Crippen LogP contribution < -0.4 is 10.1 Å². The van der Waals surface area contributed by atoms with Gasteiger partial charge in [-0.3, -0.25) is 4.79 Å². The van der Waals surface area contributed by atoms with Gasteiger partial charge in [0.15, 0.2) is 0 Å². The standard InChI is InChI=1S/C23H24N4O3/c1-15(16-9-10-20-17(13-16)11-12-24-20)25-21(28)7-4-8-22-26-23(27-30-22)18-5-3-6-19(14-18)29-2/h3,5-6,9-15,24H,4,7-8H2,1-2H3,(H,25,28)/t15-/m0/s1. The average molecular weight is 404 g/mol. The lowest BCUT2D eigenvalue weighted by Gasteiger charge is -2.14. The molecule has 4 aromatic rings. The number of carbonyl (C=O) groups excluding carboxylic acids is 1. The molecule has 0 aliphatic heterocycles. The summed E-state index contributed by atoms with van der Waals surface area (Å²) < 4.78 is 10.5. The summed E-state index contributed by atoms with van der Waals surface area (Å²) in [7, 11) is 1.62. The third kappa shape index (κ3) is 4.51. The van der Waals surface area contributed by atoms with Crippen molar-refractivity contribution in [3.05, 3.63) is 66.2 Å². The van der Waals surface area contributed by atoms with Gasteiger partial charge in [-0.05, 0) is 54.6 Å². The molecule has 1 amide bonds. The van der Waals surface area contributed by atoms with Crippen molar-refractivity contribution < 1.29 is 14.1 Å². The Hall–Kier alpha value is -3.61. The van der Waals surface area contributed by atoms with Gasteiger partial charge in [0.25, 0.3) is 0 Å². The number of aryl methyl sites for hydroxylation is 1. The Balaban J connectivity index is 1.27. The van der Waals surface area contributed by atoms with Crippen LogP contribution in [0.3, 0.4) is 0 Å². The van der Waals surface area contributed by atoms with Crippen molar-refractivity contribution in [1.29, 1.82) is 0 Å². The molecule has 154 valence electrons. The highest BCUT2D eigenvalue weighted by molar-refractivity contribution is 5.80. The highest BCUT2D eigenvalue weighted by atomic mass is 16.5. The van der Waals surface area contributed by atoms with Crippen LogP contribution in [0, 0.1) is 0 Å². The predicted molar refractivity (Wildman–Crippen MR) is 114 cm³/mol. The molecule has 0 aliphatic rings. The summed E-state index contributed by atoms with van der Waals surface area (Å²) in [6, 6.07) is 15.6. The van der Waals surface area contributed by atoms with E-state index >= 15 is 0 Å². The Bertz CT molecular complexity index is 1150. The molecule has 2 N–H and O–H groups in total. The molecule has 30 heavy (non-hydrogen) atoms. The zero-order chi connectivity index (χ0) is 20.9. The Morgan fingerprint density at radius 3 is 3.00 bits per heavy atom. The van der Waals surface area contributed by atoms with E-state index in [1.54, 1.807) is 7.11 Å². The van der Waals surface area contributed by atoms with Crippen LogP contribution in [0.25, 0.3) is 22.3 Å². The first-order chi connectivity index (χ1) is 14.6. The molecule has 7 heteroatoms. The van der Waals surface area contributed by atoms with Crippen molar-refractivity contribution >= 4 is 16.8 Å². The first kappa shape index (κ1) is 19.7. The number of hydrogen-bond acceptors (Lipinski definition) is 5. The third-order valence-electron chi connectivity index (χ3n) is 5.05. The Labute approximate surface area is 174 Å². The van der Waals surface area contributed by atoms with Crippen molar-refractivity contribution in [3.8, 4) is 17.1 Å². The molecule has 2 heterocycles. The minimum Gasteiger partial charge on any atom is -0.497 e. The van der Waals surface area contributed by atoms with Gasteiger partial charge in [-0.2, -0.15) is 4.98 Å². The summed E-state index contributed by atoms with van der Waals surface area (Å²) in [5.41, 5.74) is 3.00. The summed E-state index contributed by atoms with van der Waals surface area (Å²) in [5.74, 6) is 1.78. The molecular formula is C23H24N4O3. The Morgan fingerprint density at radius 1 is 1.23 bits per heavy atom. The van der Waals surface area contributed by atoms with E-state index < -0.39 is 0 Å². The molecule has 1 atom stereocenters. The SMILES string of the molecule is COc1cccc(-c2noc(CCCC(=O)N[C@@H](C)c3ccc4[nH]ccc4c3)n2)c1. The van der Waals surface area contributed by atoms with E-state index in [4.69, 9.17) is 9.26 Å². The zero-order valence-electron chi connectivity index (χ0n) is 17.0. The van der Waals surface area contributed by atoms with Crippen LogP contribution in [0.1, 0.15) is 37.3 Å². The Morgan fingerprint density at radius 2 is 2.13 bits per heavy atom. The summed E-state index contributed by atoms with van der Waals surface area (Å²) >= 11 is 0. The van der Waals surface area contributed by atoms with E-state index in [1.807, 2.05) is 55.6 Å². The molecular weight excluding hydrogens is 380 g/mol. The van der Waals surface area contributed by atoms with Gasteiger partial charge in [-0.1, -0.05) is 23.4 Å². The molecule has 7 nitrogen and oxygen atoms in total. The zero-order valence-corrected chi connectivity index (χ0v) is 17.0. The molecule has 0 spiro atoms. The van der Waals surface area contributed by atoms with E-state index in [9.17, 15) is 4.79 Å². The number of nitrogens with one attached hydrogen (secondary N) is 2. The summed E-state index contributed by atoms with van der Waals surface area (Å²) in [4.78, 5) is 19.9. The maximum absolute atomic E-state index is 12.3. The van der Waals surface area contributed by atoms with Crippen molar-refractivity contribution in [3.63, 3.8) is 0 Å². The summed E-state index contributed by atoms with van der Waals surface area (Å²) in [6.07, 6.45) is 3.49. The lowest BCUT2D eigenvalue weighted by Crippen LogP contribution is -2.26. The van der Waals surface area contributed by atoms with Gasteiger partial charge in [0.05, 0.1) is 13.2 Å². The van der Waals surface area contributed by atoms with Crippen LogP contribution in [0.5, 0.6) is 5.75 Å². The second-order valence-corrected chi connectivity index (χ2v) is 7.21. The van der Waals surface area contributed by atoms with Gasteiger partial charge in [0, 0.05) is 30.1 Å². The first-order valence-corrected chi connectivity index (χ1v) is 9.96. The van der Waals surface area contributed by atoms with Gasteiger partial charge < -0.3 is 19.6 Å². The number of ether oxygens (including phenoxy) is 1. The maximum Gasteiger partial charge on any atom is 0.226 e. The number of amides is 1. The molecule has 0 fully saturated rings. The number of hydrogen-bond donors (Lipinski definition) is 2. The fourth-order valence-corrected chi connectivity index (χ4v) is 3.37. The topological polar surface area (TPSA) is 93.0 Å². The molecule has 2 aromatic heterocycles. The molecule has 4 rings (SSSR count). The van der Waals surface area contributed by atoms with Gasteiger partial charge in [-0.25, -0.2) is 0 Å². The van der Waals surface area contributed by atoms with Crippen molar-refractivity contribution in [1.82, 2.24) is 20.4 Å². The monoisotopic (exact) mass is 404 g/mol. The first-order valence-electron chi connectivity index (χ1n) is 9.96. The second-order valence-electron chi connectivity index (χ2n) is 7.21. The summed E-state index contributed by atoms with van der Waals surface area (Å²) in [5, 5.41) is 8.21. The largest absolute Gasteiger partial charge is 0.497 e. The van der Waals surface area contributed by atoms with Crippen LogP contribution in [0.2, 0.25) is 0 Å². The van der Waals surface area contributed by atoms with Gasteiger partial charge >= 0.3 is 0 Å². The number of rotatable bonds is 8. The number of nitrogens with zero attached hydrogens (tertiary/aromatic N) is 2. The number of methoxy groups -OCH3 is 1. The minimum atomic E-state index is -0.0557.